The van der Waals surface area contributed by atoms with Crippen LogP contribution in [0.5, 0.6) is 0 Å². The Kier molecular flexibility index (Phi) is 3.11. The van der Waals surface area contributed by atoms with Crippen LogP contribution in [0.15, 0.2) is 24.3 Å². The van der Waals surface area contributed by atoms with E-state index in [0.29, 0.717) is 6.54 Å². The number of carbonyl (C=O) groups is 1. The van der Waals surface area contributed by atoms with Crippen molar-refractivity contribution in [2.75, 3.05) is 11.9 Å². The Hall–Kier alpha value is -1.95. The van der Waals surface area contributed by atoms with Crippen molar-refractivity contribution in [3.63, 3.8) is 0 Å². The van der Waals surface area contributed by atoms with Crippen LogP contribution < -0.4 is 10.6 Å². The van der Waals surface area contributed by atoms with Gasteiger partial charge >= 0.3 is 0 Å². The highest BCUT2D eigenvalue weighted by Gasteiger charge is 2.25. The Morgan fingerprint density at radius 3 is 3.12 bits per heavy atom. The van der Waals surface area contributed by atoms with Crippen molar-refractivity contribution in [3.05, 3.63) is 29.8 Å². The van der Waals surface area contributed by atoms with E-state index < -0.39 is 0 Å². The van der Waals surface area contributed by atoms with Crippen molar-refractivity contribution in [1.29, 1.82) is 0 Å². The molecular formula is C13H14N2O. The van der Waals surface area contributed by atoms with Gasteiger partial charge < -0.3 is 10.6 Å². The maximum Gasteiger partial charge on any atom is 0.243 e. The maximum absolute atomic E-state index is 11.7. The highest BCUT2D eigenvalue weighted by molar-refractivity contribution is 5.87. The first kappa shape index (κ1) is 10.6. The largest absolute Gasteiger partial charge is 0.373 e. The van der Waals surface area contributed by atoms with Crippen LogP contribution in [0.3, 0.4) is 0 Å². The van der Waals surface area contributed by atoms with Crippen molar-refractivity contribution in [1.82, 2.24) is 5.32 Å². The third kappa shape index (κ3) is 2.17. The quantitative estimate of drug-likeness (QED) is 0.725. The van der Waals surface area contributed by atoms with Crippen LogP contribution in [-0.4, -0.2) is 18.5 Å². The Balaban J connectivity index is 1.95. The minimum atomic E-state index is -0.156. The molecule has 0 saturated carbocycles. The molecule has 0 fully saturated rings. The van der Waals surface area contributed by atoms with Gasteiger partial charge in [-0.3, -0.25) is 4.79 Å². The maximum atomic E-state index is 11.7. The summed E-state index contributed by atoms with van der Waals surface area (Å²) in [5.74, 6) is 5.57. The standard InChI is InChI=1S/C13H14N2O/c1-2-3-8-14-13(16)12-9-10-6-4-5-7-11(10)15-12/h4-7,12,15H,8-9H2,1H3,(H,14,16)/t12-/m0/s1. The molecule has 0 unspecified atom stereocenters. The van der Waals surface area contributed by atoms with Crippen LogP contribution in [0.25, 0.3) is 0 Å². The number of hydrogen-bond acceptors (Lipinski definition) is 2. The van der Waals surface area contributed by atoms with E-state index in [1.807, 2.05) is 24.3 Å². The average Bonchev–Trinajstić information content (AvgIpc) is 2.73. The minimum Gasteiger partial charge on any atom is -0.373 e. The van der Waals surface area contributed by atoms with Crippen LogP contribution in [-0.2, 0) is 11.2 Å². The van der Waals surface area contributed by atoms with Crippen LogP contribution in [0, 0.1) is 11.8 Å². The van der Waals surface area contributed by atoms with Crippen LogP contribution in [0.1, 0.15) is 12.5 Å². The molecule has 0 aromatic heterocycles. The van der Waals surface area contributed by atoms with Gasteiger partial charge in [0.15, 0.2) is 0 Å². The summed E-state index contributed by atoms with van der Waals surface area (Å²) < 4.78 is 0. The average molecular weight is 214 g/mol. The van der Waals surface area contributed by atoms with E-state index in [2.05, 4.69) is 22.5 Å². The van der Waals surface area contributed by atoms with Gasteiger partial charge in [-0.2, -0.15) is 0 Å². The Labute approximate surface area is 95.2 Å². The molecule has 0 radical (unpaired) electrons. The zero-order valence-electron chi connectivity index (χ0n) is 9.21. The second kappa shape index (κ2) is 4.71. The number of fused-ring (bicyclic) bond motifs is 1. The molecule has 1 aromatic carbocycles. The summed E-state index contributed by atoms with van der Waals surface area (Å²) in [6, 6.07) is 7.84. The molecule has 82 valence electrons. The van der Waals surface area contributed by atoms with Gasteiger partial charge in [0.05, 0.1) is 6.54 Å². The first-order valence-electron chi connectivity index (χ1n) is 5.33. The van der Waals surface area contributed by atoms with E-state index in [0.717, 1.165) is 12.1 Å². The predicted octanol–water partition coefficient (Wildman–Crippen LogP) is 1.16. The zero-order valence-corrected chi connectivity index (χ0v) is 9.21. The number of para-hydroxylation sites is 1. The Morgan fingerprint density at radius 1 is 1.56 bits per heavy atom. The number of nitrogens with one attached hydrogen (secondary N) is 2. The van der Waals surface area contributed by atoms with Gasteiger partial charge in [0.1, 0.15) is 6.04 Å². The summed E-state index contributed by atoms with van der Waals surface area (Å²) in [5, 5.41) is 5.99. The van der Waals surface area contributed by atoms with E-state index in [1.54, 1.807) is 6.92 Å². The molecule has 3 nitrogen and oxygen atoms in total. The molecule has 0 bridgehead atoms. The van der Waals surface area contributed by atoms with E-state index in [9.17, 15) is 4.79 Å². The fourth-order valence-electron chi connectivity index (χ4n) is 1.80. The summed E-state index contributed by atoms with van der Waals surface area (Å²) in [7, 11) is 0. The summed E-state index contributed by atoms with van der Waals surface area (Å²) in [6.45, 7) is 2.18. The molecule has 1 atom stereocenters. The van der Waals surface area contributed by atoms with Crippen molar-refractivity contribution in [2.45, 2.75) is 19.4 Å². The van der Waals surface area contributed by atoms with Gasteiger partial charge in [-0.15, -0.1) is 5.92 Å². The van der Waals surface area contributed by atoms with Crippen molar-refractivity contribution >= 4 is 11.6 Å². The molecule has 1 aliphatic heterocycles. The van der Waals surface area contributed by atoms with Crippen LogP contribution >= 0.6 is 0 Å². The number of anilines is 1. The second-order valence-electron chi connectivity index (χ2n) is 3.70. The third-order valence-electron chi connectivity index (χ3n) is 2.62. The number of rotatable bonds is 2. The molecule has 1 heterocycles. The lowest BCUT2D eigenvalue weighted by atomic mass is 10.1. The molecule has 2 N–H and O–H groups in total. The SMILES string of the molecule is CC#CCNC(=O)[C@@H]1Cc2ccccc2N1. The first-order chi connectivity index (χ1) is 7.81. The van der Waals surface area contributed by atoms with Crippen molar-refractivity contribution < 1.29 is 4.79 Å². The predicted molar refractivity (Wildman–Crippen MR) is 64.0 cm³/mol. The van der Waals surface area contributed by atoms with E-state index in [1.165, 1.54) is 5.56 Å². The molecule has 0 spiro atoms. The number of benzene rings is 1. The molecule has 16 heavy (non-hydrogen) atoms. The van der Waals surface area contributed by atoms with Gasteiger partial charge in [-0.25, -0.2) is 0 Å². The normalized spacial score (nSPS) is 16.7. The van der Waals surface area contributed by atoms with Crippen molar-refractivity contribution in [3.8, 4) is 11.8 Å². The number of carbonyl (C=O) groups excluding carboxylic acids is 1. The zero-order chi connectivity index (χ0) is 11.4. The summed E-state index contributed by atoms with van der Waals surface area (Å²) >= 11 is 0. The van der Waals surface area contributed by atoms with Gasteiger partial charge in [0.25, 0.3) is 0 Å². The highest BCUT2D eigenvalue weighted by Crippen LogP contribution is 2.24. The molecule has 0 aliphatic carbocycles. The molecule has 0 saturated heterocycles. The lowest BCUT2D eigenvalue weighted by molar-refractivity contribution is -0.121. The topological polar surface area (TPSA) is 41.1 Å². The fraction of sp³-hybridized carbons (Fsp3) is 0.308. The number of amides is 1. The highest BCUT2D eigenvalue weighted by atomic mass is 16.2. The van der Waals surface area contributed by atoms with E-state index in [4.69, 9.17) is 0 Å². The molecule has 3 heteroatoms. The number of hydrogen-bond donors (Lipinski definition) is 2. The third-order valence-corrected chi connectivity index (χ3v) is 2.62. The van der Waals surface area contributed by atoms with Crippen LogP contribution in [0.2, 0.25) is 0 Å². The van der Waals surface area contributed by atoms with Gasteiger partial charge in [0.2, 0.25) is 5.91 Å². The monoisotopic (exact) mass is 214 g/mol. The molecule has 1 aromatic rings. The van der Waals surface area contributed by atoms with Gasteiger partial charge in [0, 0.05) is 12.1 Å². The van der Waals surface area contributed by atoms with Gasteiger partial charge in [-0.1, -0.05) is 24.1 Å². The fourth-order valence-corrected chi connectivity index (χ4v) is 1.80. The lowest BCUT2D eigenvalue weighted by Crippen LogP contribution is -2.38. The van der Waals surface area contributed by atoms with E-state index >= 15 is 0 Å². The molecule has 1 aliphatic rings. The first-order valence-corrected chi connectivity index (χ1v) is 5.33. The smallest absolute Gasteiger partial charge is 0.243 e. The molecular weight excluding hydrogens is 200 g/mol. The van der Waals surface area contributed by atoms with E-state index in [-0.39, 0.29) is 11.9 Å². The minimum absolute atomic E-state index is 0.0129. The summed E-state index contributed by atoms with van der Waals surface area (Å²) in [4.78, 5) is 11.7. The van der Waals surface area contributed by atoms with Gasteiger partial charge in [-0.05, 0) is 18.6 Å². The Morgan fingerprint density at radius 2 is 2.38 bits per heavy atom. The van der Waals surface area contributed by atoms with Crippen LogP contribution in [0.4, 0.5) is 5.69 Å². The lowest BCUT2D eigenvalue weighted by Gasteiger charge is -2.09. The summed E-state index contributed by atoms with van der Waals surface area (Å²) in [6.07, 6.45) is 0.752. The molecule has 2 rings (SSSR count). The van der Waals surface area contributed by atoms with Crippen molar-refractivity contribution in [2.24, 2.45) is 0 Å². The summed E-state index contributed by atoms with van der Waals surface area (Å²) in [5.41, 5.74) is 2.26. The Bertz CT molecular complexity index is 431. The second-order valence-corrected chi connectivity index (χ2v) is 3.70. The molecule has 1 amide bonds.